The molecule has 0 amide bonds. The van der Waals surface area contributed by atoms with Gasteiger partial charge in [-0.2, -0.15) is 0 Å². The molecule has 26 heavy (non-hydrogen) atoms. The first kappa shape index (κ1) is 17.4. The summed E-state index contributed by atoms with van der Waals surface area (Å²) in [5.41, 5.74) is 4.03. The normalized spacial score (nSPS) is 23.0. The topological polar surface area (TPSA) is 33.3 Å². The van der Waals surface area contributed by atoms with Crippen molar-refractivity contribution in [2.45, 2.75) is 63.5 Å². The third-order valence-electron chi connectivity index (χ3n) is 5.92. The van der Waals surface area contributed by atoms with Crippen LogP contribution in [-0.4, -0.2) is 18.8 Å². The largest absolute Gasteiger partial charge is 0.471 e. The molecule has 1 saturated carbocycles. The van der Waals surface area contributed by atoms with Gasteiger partial charge in [-0.25, -0.2) is 0 Å². The van der Waals surface area contributed by atoms with Crippen LogP contribution in [0.3, 0.4) is 0 Å². The van der Waals surface area contributed by atoms with Gasteiger partial charge in [0.05, 0.1) is 5.69 Å². The van der Waals surface area contributed by atoms with Gasteiger partial charge in [0.15, 0.2) is 6.73 Å². The average Bonchev–Trinajstić information content (AvgIpc) is 3.16. The van der Waals surface area contributed by atoms with E-state index < -0.39 is 0 Å². The molecule has 2 aromatic rings. The zero-order valence-electron chi connectivity index (χ0n) is 15.7. The SMILES string of the molecule is C[C@@H](CCc1ccccc1)NC1CCC(c2ccc3c(c2)OCN3)CC1. The summed E-state index contributed by atoms with van der Waals surface area (Å²) in [4.78, 5) is 0. The summed E-state index contributed by atoms with van der Waals surface area (Å²) in [5.74, 6) is 1.71. The van der Waals surface area contributed by atoms with E-state index in [4.69, 9.17) is 4.74 Å². The fourth-order valence-electron chi connectivity index (χ4n) is 4.36. The lowest BCUT2D eigenvalue weighted by atomic mass is 9.81. The van der Waals surface area contributed by atoms with E-state index in [0.717, 1.165) is 17.9 Å². The summed E-state index contributed by atoms with van der Waals surface area (Å²) in [6.45, 7) is 2.94. The molecule has 3 nitrogen and oxygen atoms in total. The number of ether oxygens (including phenoxy) is 1. The monoisotopic (exact) mass is 350 g/mol. The maximum Gasteiger partial charge on any atom is 0.159 e. The van der Waals surface area contributed by atoms with Gasteiger partial charge in [-0.1, -0.05) is 36.4 Å². The first-order valence-corrected chi connectivity index (χ1v) is 10.1. The van der Waals surface area contributed by atoms with Crippen molar-refractivity contribution in [1.29, 1.82) is 0 Å². The lowest BCUT2D eigenvalue weighted by molar-refractivity contribution is 0.313. The van der Waals surface area contributed by atoms with Crippen LogP contribution in [0.2, 0.25) is 0 Å². The van der Waals surface area contributed by atoms with Crippen molar-refractivity contribution in [2.24, 2.45) is 0 Å². The second-order valence-corrected chi connectivity index (χ2v) is 7.86. The van der Waals surface area contributed by atoms with Crippen LogP contribution in [0.25, 0.3) is 0 Å². The van der Waals surface area contributed by atoms with Crippen LogP contribution in [0.5, 0.6) is 5.75 Å². The highest BCUT2D eigenvalue weighted by Gasteiger charge is 2.24. The van der Waals surface area contributed by atoms with E-state index in [0.29, 0.717) is 24.7 Å². The lowest BCUT2D eigenvalue weighted by Crippen LogP contribution is -2.39. The zero-order chi connectivity index (χ0) is 17.8. The number of rotatable bonds is 6. The van der Waals surface area contributed by atoms with E-state index in [1.165, 1.54) is 43.2 Å². The zero-order valence-corrected chi connectivity index (χ0v) is 15.7. The molecular weight excluding hydrogens is 320 g/mol. The predicted octanol–water partition coefficient (Wildman–Crippen LogP) is 5.09. The van der Waals surface area contributed by atoms with E-state index in [2.05, 4.69) is 66.1 Å². The number of anilines is 1. The summed E-state index contributed by atoms with van der Waals surface area (Å²) in [5, 5.41) is 7.12. The number of benzene rings is 2. The Morgan fingerprint density at radius 3 is 2.69 bits per heavy atom. The molecule has 1 atom stereocenters. The van der Waals surface area contributed by atoms with E-state index in [1.54, 1.807) is 0 Å². The third-order valence-corrected chi connectivity index (χ3v) is 5.92. The third kappa shape index (κ3) is 4.21. The van der Waals surface area contributed by atoms with Crippen molar-refractivity contribution < 1.29 is 4.74 Å². The van der Waals surface area contributed by atoms with Crippen LogP contribution in [0.4, 0.5) is 5.69 Å². The van der Waals surface area contributed by atoms with Gasteiger partial charge in [0, 0.05) is 12.1 Å². The van der Waals surface area contributed by atoms with E-state index in [1.807, 2.05) is 0 Å². The first-order valence-electron chi connectivity index (χ1n) is 10.1. The molecule has 1 aliphatic heterocycles. The van der Waals surface area contributed by atoms with Crippen molar-refractivity contribution in [2.75, 3.05) is 12.0 Å². The van der Waals surface area contributed by atoms with Gasteiger partial charge in [0.1, 0.15) is 5.75 Å². The fraction of sp³-hybridized carbons (Fsp3) is 0.478. The molecule has 2 N–H and O–H groups in total. The van der Waals surface area contributed by atoms with Crippen molar-refractivity contribution in [3.05, 3.63) is 59.7 Å². The highest BCUT2D eigenvalue weighted by molar-refractivity contribution is 5.60. The van der Waals surface area contributed by atoms with Crippen LogP contribution >= 0.6 is 0 Å². The van der Waals surface area contributed by atoms with Crippen molar-refractivity contribution >= 4 is 5.69 Å². The average molecular weight is 351 g/mol. The minimum atomic E-state index is 0.580. The number of nitrogens with one attached hydrogen (secondary N) is 2. The van der Waals surface area contributed by atoms with Gasteiger partial charge < -0.3 is 15.4 Å². The molecular formula is C23H30N2O. The van der Waals surface area contributed by atoms with Crippen molar-refractivity contribution in [3.63, 3.8) is 0 Å². The highest BCUT2D eigenvalue weighted by atomic mass is 16.5. The number of fused-ring (bicyclic) bond motifs is 1. The lowest BCUT2D eigenvalue weighted by Gasteiger charge is -2.31. The van der Waals surface area contributed by atoms with Gasteiger partial charge in [-0.3, -0.25) is 0 Å². The minimum absolute atomic E-state index is 0.580. The van der Waals surface area contributed by atoms with Crippen LogP contribution in [0.1, 0.15) is 56.1 Å². The van der Waals surface area contributed by atoms with Gasteiger partial charge >= 0.3 is 0 Å². The number of aryl methyl sites for hydroxylation is 1. The van der Waals surface area contributed by atoms with E-state index >= 15 is 0 Å². The standard InChI is InChI=1S/C23H30N2O/c1-17(7-8-18-5-3-2-4-6-18)25-21-12-9-19(10-13-21)20-11-14-22-23(15-20)26-16-24-22/h2-6,11,14-15,17,19,21,24-25H,7-10,12-13,16H2,1H3/t17-,19?,21?/m0/s1. The van der Waals surface area contributed by atoms with Gasteiger partial charge in [0.25, 0.3) is 0 Å². The Labute approximate surface area is 157 Å². The molecule has 3 heteroatoms. The second-order valence-electron chi connectivity index (χ2n) is 7.86. The van der Waals surface area contributed by atoms with Crippen LogP contribution in [0, 0.1) is 0 Å². The highest BCUT2D eigenvalue weighted by Crippen LogP contribution is 2.38. The first-order chi connectivity index (χ1) is 12.8. The summed E-state index contributed by atoms with van der Waals surface area (Å²) in [6.07, 6.45) is 7.46. The maximum atomic E-state index is 5.64. The molecule has 1 heterocycles. The van der Waals surface area contributed by atoms with Crippen LogP contribution in [0.15, 0.2) is 48.5 Å². The Hall–Kier alpha value is -2.00. The fourth-order valence-corrected chi connectivity index (χ4v) is 4.36. The molecule has 0 bridgehead atoms. The molecule has 2 aromatic carbocycles. The molecule has 2 aliphatic rings. The molecule has 138 valence electrons. The molecule has 0 radical (unpaired) electrons. The molecule has 0 aromatic heterocycles. The molecule has 0 spiro atoms. The summed E-state index contributed by atoms with van der Waals surface area (Å²) in [7, 11) is 0. The molecule has 1 aliphatic carbocycles. The quantitative estimate of drug-likeness (QED) is 0.762. The smallest absolute Gasteiger partial charge is 0.159 e. The second kappa shape index (κ2) is 8.13. The minimum Gasteiger partial charge on any atom is -0.471 e. The Balaban J connectivity index is 1.23. The van der Waals surface area contributed by atoms with E-state index in [-0.39, 0.29) is 0 Å². The summed E-state index contributed by atoms with van der Waals surface area (Å²) in [6, 6.07) is 18.8. The Bertz CT molecular complexity index is 707. The predicted molar refractivity (Wildman–Crippen MR) is 108 cm³/mol. The summed E-state index contributed by atoms with van der Waals surface area (Å²) < 4.78 is 5.64. The molecule has 0 saturated heterocycles. The Morgan fingerprint density at radius 2 is 1.88 bits per heavy atom. The Morgan fingerprint density at radius 1 is 1.08 bits per heavy atom. The van der Waals surface area contributed by atoms with Crippen molar-refractivity contribution in [1.82, 2.24) is 5.32 Å². The molecule has 1 fully saturated rings. The van der Waals surface area contributed by atoms with E-state index in [9.17, 15) is 0 Å². The van der Waals surface area contributed by atoms with Gasteiger partial charge in [-0.05, 0) is 74.6 Å². The Kier molecular flexibility index (Phi) is 5.45. The maximum absolute atomic E-state index is 5.64. The van der Waals surface area contributed by atoms with Crippen LogP contribution in [-0.2, 0) is 6.42 Å². The van der Waals surface area contributed by atoms with Crippen molar-refractivity contribution in [3.8, 4) is 5.75 Å². The molecule has 0 unspecified atom stereocenters. The molecule has 4 rings (SSSR count). The summed E-state index contributed by atoms with van der Waals surface area (Å²) >= 11 is 0. The van der Waals surface area contributed by atoms with Gasteiger partial charge in [0.2, 0.25) is 0 Å². The van der Waals surface area contributed by atoms with Gasteiger partial charge in [-0.15, -0.1) is 0 Å². The van der Waals surface area contributed by atoms with Crippen LogP contribution < -0.4 is 15.4 Å². The number of hydrogen-bond donors (Lipinski definition) is 2. The number of hydrogen-bond acceptors (Lipinski definition) is 3.